The Kier molecular flexibility index (Phi) is 5.77. The lowest BCUT2D eigenvalue weighted by Crippen LogP contribution is -2.14. The zero-order valence-corrected chi connectivity index (χ0v) is 10.6. The molecule has 1 unspecified atom stereocenters. The van der Waals surface area contributed by atoms with E-state index in [4.69, 9.17) is 5.11 Å². The molecule has 0 saturated carbocycles. The van der Waals surface area contributed by atoms with E-state index in [1.165, 1.54) is 11.8 Å². The van der Waals surface area contributed by atoms with Gasteiger partial charge in [0.2, 0.25) is 0 Å². The first-order valence-corrected chi connectivity index (χ1v) is 6.59. The van der Waals surface area contributed by atoms with Crippen molar-refractivity contribution >= 4 is 23.5 Å². The van der Waals surface area contributed by atoms with Crippen LogP contribution in [-0.2, 0) is 4.79 Å². The van der Waals surface area contributed by atoms with Gasteiger partial charge < -0.3 is 5.11 Å². The van der Waals surface area contributed by atoms with Crippen LogP contribution in [0, 0.1) is 0 Å². The molecule has 0 fully saturated rings. The summed E-state index contributed by atoms with van der Waals surface area (Å²) in [7, 11) is 0. The first-order chi connectivity index (χ1) is 8.11. The molecule has 0 radical (unpaired) electrons. The monoisotopic (exact) mass is 252 g/mol. The lowest BCUT2D eigenvalue weighted by molar-refractivity contribution is -0.137. The van der Waals surface area contributed by atoms with Gasteiger partial charge in [-0.15, -0.1) is 0 Å². The highest BCUT2D eigenvalue weighted by atomic mass is 32.2. The average molecular weight is 252 g/mol. The summed E-state index contributed by atoms with van der Waals surface area (Å²) in [4.78, 5) is 22.3. The van der Waals surface area contributed by atoms with Gasteiger partial charge in [0.1, 0.15) is 0 Å². The Morgan fingerprint density at radius 3 is 2.53 bits per heavy atom. The first-order valence-electron chi connectivity index (χ1n) is 5.54. The normalized spacial score (nSPS) is 12.1. The van der Waals surface area contributed by atoms with E-state index in [1.807, 2.05) is 25.1 Å². The molecule has 1 atom stereocenters. The number of carbonyl (C=O) groups is 2. The van der Waals surface area contributed by atoms with Crippen molar-refractivity contribution in [3.63, 3.8) is 0 Å². The molecule has 0 bridgehead atoms. The van der Waals surface area contributed by atoms with Crippen LogP contribution >= 0.6 is 11.8 Å². The molecule has 3 nitrogen and oxygen atoms in total. The van der Waals surface area contributed by atoms with Gasteiger partial charge >= 0.3 is 5.97 Å². The average Bonchev–Trinajstić information content (AvgIpc) is 2.34. The molecule has 92 valence electrons. The Hall–Kier alpha value is -1.29. The minimum atomic E-state index is -0.785. The summed E-state index contributed by atoms with van der Waals surface area (Å²) in [6.07, 6.45) is 0.770. The van der Waals surface area contributed by atoms with Crippen LogP contribution in [0.2, 0.25) is 0 Å². The number of carboxylic acids is 1. The van der Waals surface area contributed by atoms with Crippen molar-refractivity contribution in [3.05, 3.63) is 35.9 Å². The van der Waals surface area contributed by atoms with Gasteiger partial charge in [0.15, 0.2) is 5.78 Å². The van der Waals surface area contributed by atoms with Gasteiger partial charge in [-0.05, 0) is 19.1 Å². The largest absolute Gasteiger partial charge is 0.481 e. The fourth-order valence-electron chi connectivity index (χ4n) is 1.40. The maximum Gasteiger partial charge on any atom is 0.303 e. The van der Waals surface area contributed by atoms with Crippen LogP contribution in [0.25, 0.3) is 0 Å². The summed E-state index contributed by atoms with van der Waals surface area (Å²) in [5.74, 6) is 0.0186. The summed E-state index contributed by atoms with van der Waals surface area (Å²) >= 11 is 1.51. The third kappa shape index (κ3) is 5.04. The van der Waals surface area contributed by atoms with Gasteiger partial charge in [0.25, 0.3) is 0 Å². The number of hydrogen-bond donors (Lipinski definition) is 1. The Morgan fingerprint density at radius 2 is 1.94 bits per heavy atom. The Balaban J connectivity index is 2.35. The number of carboxylic acid groups (broad SMARTS) is 1. The number of ketones is 1. The standard InChI is InChI=1S/C13H16O3S/c1-10(17-9-5-8-12(14)15)13(16)11-6-3-2-4-7-11/h2-4,6-7,10H,5,8-9H2,1H3,(H,14,15). The fraction of sp³-hybridized carbons (Fsp3) is 0.385. The Morgan fingerprint density at radius 1 is 1.29 bits per heavy atom. The summed E-state index contributed by atoms with van der Waals surface area (Å²) in [5.41, 5.74) is 0.714. The highest BCUT2D eigenvalue weighted by Crippen LogP contribution is 2.17. The smallest absolute Gasteiger partial charge is 0.303 e. The van der Waals surface area contributed by atoms with E-state index in [1.54, 1.807) is 12.1 Å². The second kappa shape index (κ2) is 7.12. The van der Waals surface area contributed by atoms with E-state index in [0.29, 0.717) is 17.7 Å². The predicted octanol–water partition coefficient (Wildman–Crippen LogP) is 2.86. The van der Waals surface area contributed by atoms with Crippen molar-refractivity contribution in [2.75, 3.05) is 5.75 Å². The highest BCUT2D eigenvalue weighted by Gasteiger charge is 2.14. The first kappa shape index (κ1) is 13.8. The van der Waals surface area contributed by atoms with E-state index >= 15 is 0 Å². The van der Waals surface area contributed by atoms with E-state index in [-0.39, 0.29) is 17.5 Å². The molecule has 4 heteroatoms. The zero-order valence-electron chi connectivity index (χ0n) is 9.76. The number of rotatable bonds is 7. The third-order valence-corrected chi connectivity index (χ3v) is 3.57. The summed E-state index contributed by atoms with van der Waals surface area (Å²) in [5, 5.41) is 8.37. The predicted molar refractivity (Wildman–Crippen MR) is 69.6 cm³/mol. The molecule has 1 aromatic carbocycles. The number of hydrogen-bond acceptors (Lipinski definition) is 3. The van der Waals surface area contributed by atoms with Crippen LogP contribution in [-0.4, -0.2) is 27.9 Å². The summed E-state index contributed by atoms with van der Waals surface area (Å²) < 4.78 is 0. The summed E-state index contributed by atoms with van der Waals surface area (Å²) in [6.45, 7) is 1.86. The van der Waals surface area contributed by atoms with Crippen LogP contribution in [0.4, 0.5) is 0 Å². The van der Waals surface area contributed by atoms with Crippen LogP contribution in [0.1, 0.15) is 30.1 Å². The van der Waals surface area contributed by atoms with E-state index in [9.17, 15) is 9.59 Å². The van der Waals surface area contributed by atoms with Crippen molar-refractivity contribution in [3.8, 4) is 0 Å². The number of Topliss-reactive ketones (excluding diaryl/α,β-unsaturated/α-hetero) is 1. The molecular weight excluding hydrogens is 236 g/mol. The molecule has 1 N–H and O–H groups in total. The molecule has 1 aromatic rings. The second-order valence-corrected chi connectivity index (χ2v) is 5.19. The molecule has 0 amide bonds. The minimum Gasteiger partial charge on any atom is -0.481 e. The van der Waals surface area contributed by atoms with Gasteiger partial charge in [-0.25, -0.2) is 0 Å². The molecule has 1 rings (SSSR count). The molecule has 0 aliphatic heterocycles. The third-order valence-electron chi connectivity index (χ3n) is 2.33. The Bertz CT molecular complexity index is 376. The molecule has 17 heavy (non-hydrogen) atoms. The van der Waals surface area contributed by atoms with Crippen molar-refractivity contribution in [2.45, 2.75) is 25.0 Å². The van der Waals surface area contributed by atoms with E-state index < -0.39 is 5.97 Å². The van der Waals surface area contributed by atoms with E-state index in [0.717, 1.165) is 0 Å². The van der Waals surface area contributed by atoms with Gasteiger partial charge in [0, 0.05) is 12.0 Å². The summed E-state index contributed by atoms with van der Waals surface area (Å²) in [6, 6.07) is 9.17. The van der Waals surface area contributed by atoms with Gasteiger partial charge in [-0.1, -0.05) is 30.3 Å². The molecule has 0 heterocycles. The second-order valence-electron chi connectivity index (χ2n) is 3.74. The Labute approximate surface area is 105 Å². The molecular formula is C13H16O3S. The fourth-order valence-corrected chi connectivity index (χ4v) is 2.35. The number of aliphatic carboxylic acids is 1. The van der Waals surface area contributed by atoms with Crippen molar-refractivity contribution < 1.29 is 14.7 Å². The molecule has 0 aromatic heterocycles. The van der Waals surface area contributed by atoms with E-state index in [2.05, 4.69) is 0 Å². The SMILES string of the molecule is CC(SCCCC(=O)O)C(=O)c1ccccc1. The number of carbonyl (C=O) groups excluding carboxylic acids is 1. The van der Waals surface area contributed by atoms with Gasteiger partial charge in [-0.2, -0.15) is 11.8 Å². The van der Waals surface area contributed by atoms with Crippen LogP contribution in [0.15, 0.2) is 30.3 Å². The van der Waals surface area contributed by atoms with Crippen molar-refractivity contribution in [1.29, 1.82) is 0 Å². The maximum atomic E-state index is 11.9. The molecule has 0 aliphatic rings. The van der Waals surface area contributed by atoms with Crippen molar-refractivity contribution in [2.24, 2.45) is 0 Å². The highest BCUT2D eigenvalue weighted by molar-refractivity contribution is 8.00. The van der Waals surface area contributed by atoms with Crippen LogP contribution in [0.5, 0.6) is 0 Å². The lowest BCUT2D eigenvalue weighted by Gasteiger charge is -2.09. The molecule has 0 saturated heterocycles. The zero-order chi connectivity index (χ0) is 12.7. The van der Waals surface area contributed by atoms with Crippen molar-refractivity contribution in [1.82, 2.24) is 0 Å². The minimum absolute atomic E-state index is 0.103. The maximum absolute atomic E-state index is 11.9. The molecule has 0 spiro atoms. The van der Waals surface area contributed by atoms with Crippen LogP contribution < -0.4 is 0 Å². The quantitative estimate of drug-likeness (QED) is 0.599. The lowest BCUT2D eigenvalue weighted by atomic mass is 10.1. The van der Waals surface area contributed by atoms with Gasteiger partial charge in [-0.3, -0.25) is 9.59 Å². The topological polar surface area (TPSA) is 54.4 Å². The van der Waals surface area contributed by atoms with Gasteiger partial charge in [0.05, 0.1) is 5.25 Å². The molecule has 0 aliphatic carbocycles. The number of benzene rings is 1. The van der Waals surface area contributed by atoms with Crippen LogP contribution in [0.3, 0.4) is 0 Å². The number of thioether (sulfide) groups is 1.